The topological polar surface area (TPSA) is 19.4 Å². The van der Waals surface area contributed by atoms with Crippen molar-refractivity contribution in [3.8, 4) is 0 Å². The zero-order valence-corrected chi connectivity index (χ0v) is 22.4. The lowest BCUT2D eigenvalue weighted by Gasteiger charge is -2.30. The Balaban J connectivity index is 0.970. The van der Waals surface area contributed by atoms with Crippen LogP contribution in [0.25, 0.3) is 5.57 Å². The molecular weight excluding hydrogens is 462 g/mol. The maximum Gasteiger partial charge on any atom is 0.0739 e. The molecule has 7 rings (SSSR count). The molecule has 4 heteroatoms. The molecule has 2 saturated carbocycles. The molecule has 0 N–H and O–H groups in total. The summed E-state index contributed by atoms with van der Waals surface area (Å²) in [5, 5.41) is 0.844. The molecule has 3 aliphatic carbocycles. The molecule has 36 heavy (non-hydrogen) atoms. The number of unbranched alkanes of at least 4 members (excludes halogenated alkanes) is 1. The standard InChI is InChI=1S/C32H40ClN3/c33-27-9-10-28-26(19-27)6-5-23-4-3-13-34-32(23)31(28)22-11-16-35(17-12-22)14-1-2-15-36-20-29-24-7-8-25(18-24)30(29)21-36/h3-4,9-10,13,19,24-25,29-30H,1-2,5-8,11-12,14-18,20-21H2/t24-,25+,29?,30?. The van der Waals surface area contributed by atoms with E-state index in [1.807, 2.05) is 6.20 Å². The van der Waals surface area contributed by atoms with Gasteiger partial charge in [0.05, 0.1) is 5.69 Å². The molecule has 4 atom stereocenters. The van der Waals surface area contributed by atoms with E-state index < -0.39 is 0 Å². The number of piperidine rings is 1. The number of hydrogen-bond donors (Lipinski definition) is 0. The van der Waals surface area contributed by atoms with Crippen LogP contribution in [0, 0.1) is 23.7 Å². The Morgan fingerprint density at radius 3 is 2.33 bits per heavy atom. The average Bonchev–Trinajstić information content (AvgIpc) is 3.60. The molecule has 2 saturated heterocycles. The Kier molecular flexibility index (Phi) is 6.44. The molecule has 1 aromatic heterocycles. The van der Waals surface area contributed by atoms with Gasteiger partial charge in [-0.1, -0.05) is 29.3 Å². The zero-order chi connectivity index (χ0) is 24.1. The summed E-state index contributed by atoms with van der Waals surface area (Å²) in [6.45, 7) is 7.78. The van der Waals surface area contributed by atoms with Crippen molar-refractivity contribution in [2.75, 3.05) is 39.3 Å². The normalized spacial score (nSPS) is 29.8. The molecule has 2 bridgehead atoms. The minimum atomic E-state index is 0.844. The lowest BCUT2D eigenvalue weighted by atomic mass is 9.82. The first-order valence-corrected chi connectivity index (χ1v) is 15.0. The Morgan fingerprint density at radius 1 is 0.833 bits per heavy atom. The van der Waals surface area contributed by atoms with E-state index in [-0.39, 0.29) is 0 Å². The average molecular weight is 502 g/mol. The Labute approximate surface area is 221 Å². The maximum absolute atomic E-state index is 6.39. The van der Waals surface area contributed by atoms with Crippen LogP contribution in [0.1, 0.15) is 67.3 Å². The predicted octanol–water partition coefficient (Wildman–Crippen LogP) is 6.49. The number of pyridine rings is 1. The number of halogens is 1. The second-order valence-electron chi connectivity index (χ2n) is 12.3. The van der Waals surface area contributed by atoms with E-state index in [0.717, 1.165) is 54.4 Å². The third-order valence-electron chi connectivity index (χ3n) is 10.4. The number of nitrogens with zero attached hydrogens (tertiary/aromatic N) is 3. The van der Waals surface area contributed by atoms with Gasteiger partial charge in [0.15, 0.2) is 0 Å². The number of aryl methyl sites for hydroxylation is 2. The highest BCUT2D eigenvalue weighted by Gasteiger charge is 2.51. The molecule has 0 spiro atoms. The Hall–Kier alpha value is -1.68. The third-order valence-corrected chi connectivity index (χ3v) is 10.6. The smallest absolute Gasteiger partial charge is 0.0739 e. The molecule has 2 unspecified atom stereocenters. The van der Waals surface area contributed by atoms with Gasteiger partial charge in [-0.25, -0.2) is 0 Å². The van der Waals surface area contributed by atoms with Gasteiger partial charge in [-0.2, -0.15) is 0 Å². The Bertz CT molecular complexity index is 1130. The van der Waals surface area contributed by atoms with Gasteiger partial charge in [-0.05, 0) is 129 Å². The van der Waals surface area contributed by atoms with Gasteiger partial charge in [-0.15, -0.1) is 0 Å². The van der Waals surface area contributed by atoms with Crippen LogP contribution in [-0.2, 0) is 12.8 Å². The molecule has 0 radical (unpaired) electrons. The quantitative estimate of drug-likeness (QED) is 0.436. The van der Waals surface area contributed by atoms with E-state index in [1.165, 1.54) is 92.9 Å². The first-order valence-electron chi connectivity index (χ1n) is 14.6. The van der Waals surface area contributed by atoms with Crippen molar-refractivity contribution < 1.29 is 0 Å². The Morgan fingerprint density at radius 2 is 1.56 bits per heavy atom. The number of rotatable bonds is 5. The van der Waals surface area contributed by atoms with Gasteiger partial charge in [-0.3, -0.25) is 4.98 Å². The number of likely N-dealkylation sites (tertiary alicyclic amines) is 2. The zero-order valence-electron chi connectivity index (χ0n) is 21.6. The number of aromatic nitrogens is 1. The first kappa shape index (κ1) is 23.4. The van der Waals surface area contributed by atoms with E-state index in [9.17, 15) is 0 Å². The second kappa shape index (κ2) is 9.89. The van der Waals surface area contributed by atoms with Crippen molar-refractivity contribution in [3.63, 3.8) is 0 Å². The summed E-state index contributed by atoms with van der Waals surface area (Å²) in [7, 11) is 0. The maximum atomic E-state index is 6.39. The lowest BCUT2D eigenvalue weighted by molar-refractivity contribution is 0.238. The van der Waals surface area contributed by atoms with E-state index in [0.29, 0.717) is 0 Å². The van der Waals surface area contributed by atoms with Gasteiger partial charge in [0.2, 0.25) is 0 Å². The molecule has 190 valence electrons. The molecule has 2 aromatic rings. The van der Waals surface area contributed by atoms with Crippen LogP contribution < -0.4 is 0 Å². The summed E-state index contributed by atoms with van der Waals surface area (Å²) in [4.78, 5) is 10.4. The number of hydrogen-bond acceptors (Lipinski definition) is 3. The second-order valence-corrected chi connectivity index (χ2v) is 12.7. The van der Waals surface area contributed by atoms with Crippen molar-refractivity contribution in [3.05, 3.63) is 69.5 Å². The monoisotopic (exact) mass is 501 g/mol. The summed E-state index contributed by atoms with van der Waals surface area (Å²) in [5.74, 6) is 4.28. The highest BCUT2D eigenvalue weighted by atomic mass is 35.5. The van der Waals surface area contributed by atoms with Gasteiger partial charge in [0.1, 0.15) is 0 Å². The fraction of sp³-hybridized carbons (Fsp3) is 0.594. The van der Waals surface area contributed by atoms with Crippen LogP contribution in [0.5, 0.6) is 0 Å². The van der Waals surface area contributed by atoms with Crippen LogP contribution in [-0.4, -0.2) is 54.1 Å². The molecule has 4 fully saturated rings. The van der Waals surface area contributed by atoms with Gasteiger partial charge < -0.3 is 9.80 Å². The van der Waals surface area contributed by atoms with Crippen molar-refractivity contribution in [1.82, 2.24) is 14.8 Å². The van der Waals surface area contributed by atoms with Gasteiger partial charge in [0.25, 0.3) is 0 Å². The lowest BCUT2D eigenvalue weighted by Crippen LogP contribution is -2.32. The van der Waals surface area contributed by atoms with E-state index in [2.05, 4.69) is 40.1 Å². The number of fused-ring (bicyclic) bond motifs is 7. The van der Waals surface area contributed by atoms with Gasteiger partial charge >= 0.3 is 0 Å². The first-order chi connectivity index (χ1) is 17.7. The van der Waals surface area contributed by atoms with Crippen molar-refractivity contribution in [2.45, 2.75) is 57.8 Å². The summed E-state index contributed by atoms with van der Waals surface area (Å²) in [6, 6.07) is 10.8. The summed E-state index contributed by atoms with van der Waals surface area (Å²) >= 11 is 6.39. The molecule has 5 aliphatic rings. The highest BCUT2D eigenvalue weighted by molar-refractivity contribution is 6.30. The van der Waals surface area contributed by atoms with Crippen LogP contribution in [0.3, 0.4) is 0 Å². The van der Waals surface area contributed by atoms with Gasteiger partial charge in [0, 0.05) is 43.0 Å². The van der Waals surface area contributed by atoms with Crippen LogP contribution in [0.4, 0.5) is 0 Å². The number of benzene rings is 1. The van der Waals surface area contributed by atoms with Crippen molar-refractivity contribution in [1.29, 1.82) is 0 Å². The third kappa shape index (κ3) is 4.36. The SMILES string of the molecule is Clc1ccc2c(c1)CCc1cccnc1C2=C1CCN(CCCCN2CC3C(C2)[C@H]2CC[C@@H]3C2)CC1. The highest BCUT2D eigenvalue weighted by Crippen LogP contribution is 2.55. The molecule has 3 heterocycles. The van der Waals surface area contributed by atoms with Crippen molar-refractivity contribution in [2.24, 2.45) is 23.7 Å². The van der Waals surface area contributed by atoms with Crippen LogP contribution in [0.2, 0.25) is 5.02 Å². The molecule has 2 aliphatic heterocycles. The molecule has 1 aromatic carbocycles. The fourth-order valence-corrected chi connectivity index (χ4v) is 8.75. The fourth-order valence-electron chi connectivity index (χ4n) is 8.55. The van der Waals surface area contributed by atoms with E-state index in [4.69, 9.17) is 16.6 Å². The molecule has 3 nitrogen and oxygen atoms in total. The van der Waals surface area contributed by atoms with E-state index >= 15 is 0 Å². The predicted molar refractivity (Wildman–Crippen MR) is 148 cm³/mol. The van der Waals surface area contributed by atoms with E-state index in [1.54, 1.807) is 12.0 Å². The molecular formula is C32H40ClN3. The largest absolute Gasteiger partial charge is 0.303 e. The van der Waals surface area contributed by atoms with Crippen molar-refractivity contribution >= 4 is 17.2 Å². The minimum absolute atomic E-state index is 0.844. The summed E-state index contributed by atoms with van der Waals surface area (Å²) in [6.07, 6.45) is 13.7. The van der Waals surface area contributed by atoms with Crippen LogP contribution >= 0.6 is 11.6 Å². The minimum Gasteiger partial charge on any atom is -0.303 e. The summed E-state index contributed by atoms with van der Waals surface area (Å²) < 4.78 is 0. The van der Waals surface area contributed by atoms with Crippen LogP contribution in [0.15, 0.2) is 42.1 Å². The summed E-state index contributed by atoms with van der Waals surface area (Å²) in [5.41, 5.74) is 8.34. The molecule has 0 amide bonds.